The first-order valence-electron chi connectivity index (χ1n) is 5.99. The van der Waals surface area contributed by atoms with Crippen molar-refractivity contribution in [2.45, 2.75) is 39.3 Å². The summed E-state index contributed by atoms with van der Waals surface area (Å²) in [4.78, 5) is 6.67. The highest BCUT2D eigenvalue weighted by Crippen LogP contribution is 2.23. The van der Waals surface area contributed by atoms with Crippen LogP contribution in [0.5, 0.6) is 0 Å². The number of piperidine rings is 1. The van der Waals surface area contributed by atoms with Crippen LogP contribution >= 0.6 is 11.6 Å². The summed E-state index contributed by atoms with van der Waals surface area (Å²) in [6.45, 7) is 6.84. The Bertz CT molecular complexity index is 336. The molecule has 1 aromatic rings. The zero-order valence-corrected chi connectivity index (χ0v) is 10.7. The summed E-state index contributed by atoms with van der Waals surface area (Å²) in [6, 6.07) is 4.63. The summed E-state index contributed by atoms with van der Waals surface area (Å²) >= 11 is 5.78. The molecular formula is C13H19ClN2. The van der Waals surface area contributed by atoms with Gasteiger partial charge in [-0.3, -0.25) is 4.90 Å². The number of halogens is 1. The van der Waals surface area contributed by atoms with E-state index in [1.165, 1.54) is 24.9 Å². The number of hydrogen-bond acceptors (Lipinski definition) is 2. The molecule has 1 saturated heterocycles. The molecular weight excluding hydrogens is 220 g/mol. The molecule has 0 amide bonds. The second-order valence-electron chi connectivity index (χ2n) is 4.95. The summed E-state index contributed by atoms with van der Waals surface area (Å²) in [5.74, 6) is 0.816. The van der Waals surface area contributed by atoms with Crippen molar-refractivity contribution < 1.29 is 0 Å². The van der Waals surface area contributed by atoms with E-state index in [2.05, 4.69) is 29.8 Å². The molecule has 0 spiro atoms. The van der Waals surface area contributed by atoms with E-state index in [1.807, 2.05) is 12.3 Å². The van der Waals surface area contributed by atoms with Gasteiger partial charge in [0, 0.05) is 25.3 Å². The van der Waals surface area contributed by atoms with Gasteiger partial charge in [-0.05, 0) is 37.3 Å². The van der Waals surface area contributed by atoms with Gasteiger partial charge in [0.25, 0.3) is 0 Å². The first-order valence-corrected chi connectivity index (χ1v) is 6.37. The van der Waals surface area contributed by atoms with Crippen LogP contribution in [-0.2, 0) is 6.54 Å². The lowest BCUT2D eigenvalue weighted by Gasteiger charge is -2.36. The molecule has 1 fully saturated rings. The van der Waals surface area contributed by atoms with Gasteiger partial charge in [-0.25, -0.2) is 4.98 Å². The third-order valence-corrected chi connectivity index (χ3v) is 3.64. The van der Waals surface area contributed by atoms with Crippen LogP contribution in [0, 0.1) is 5.92 Å². The van der Waals surface area contributed by atoms with Crippen molar-refractivity contribution in [3.63, 3.8) is 0 Å². The molecule has 16 heavy (non-hydrogen) atoms. The van der Waals surface area contributed by atoms with Crippen LogP contribution in [-0.4, -0.2) is 22.5 Å². The third kappa shape index (κ3) is 2.96. The smallest absolute Gasteiger partial charge is 0.129 e. The topological polar surface area (TPSA) is 16.1 Å². The first-order chi connectivity index (χ1) is 7.65. The van der Waals surface area contributed by atoms with E-state index >= 15 is 0 Å². The molecule has 2 heterocycles. The summed E-state index contributed by atoms with van der Waals surface area (Å²) in [5.41, 5.74) is 1.25. The summed E-state index contributed by atoms with van der Waals surface area (Å²) in [6.07, 6.45) is 4.55. The molecule has 2 atom stereocenters. The van der Waals surface area contributed by atoms with Crippen molar-refractivity contribution in [2.75, 3.05) is 6.54 Å². The molecule has 2 rings (SSSR count). The van der Waals surface area contributed by atoms with E-state index in [9.17, 15) is 0 Å². The molecule has 0 radical (unpaired) electrons. The minimum Gasteiger partial charge on any atom is -0.296 e. The van der Waals surface area contributed by atoms with Crippen molar-refractivity contribution in [2.24, 2.45) is 5.92 Å². The van der Waals surface area contributed by atoms with Crippen LogP contribution in [0.1, 0.15) is 32.3 Å². The van der Waals surface area contributed by atoms with Crippen LogP contribution in [0.25, 0.3) is 0 Å². The average Bonchev–Trinajstić information content (AvgIpc) is 2.27. The maximum atomic E-state index is 5.78. The van der Waals surface area contributed by atoms with Crippen LogP contribution in [0.15, 0.2) is 18.3 Å². The molecule has 0 bridgehead atoms. The van der Waals surface area contributed by atoms with Gasteiger partial charge in [-0.15, -0.1) is 0 Å². The second-order valence-corrected chi connectivity index (χ2v) is 5.34. The van der Waals surface area contributed by atoms with Gasteiger partial charge in [-0.1, -0.05) is 24.6 Å². The molecule has 3 heteroatoms. The number of aromatic nitrogens is 1. The maximum absolute atomic E-state index is 5.78. The Labute approximate surface area is 103 Å². The predicted molar refractivity (Wildman–Crippen MR) is 67.5 cm³/mol. The van der Waals surface area contributed by atoms with Gasteiger partial charge in [-0.2, -0.15) is 0 Å². The van der Waals surface area contributed by atoms with Crippen LogP contribution in [0.2, 0.25) is 5.15 Å². The SMILES string of the molecule is CC1CCC(C)N(Cc2ccc(Cl)nc2)C1. The Morgan fingerprint density at radius 3 is 2.88 bits per heavy atom. The summed E-state index contributed by atoms with van der Waals surface area (Å²) in [7, 11) is 0. The number of rotatable bonds is 2. The van der Waals surface area contributed by atoms with E-state index in [-0.39, 0.29) is 0 Å². The van der Waals surface area contributed by atoms with Gasteiger partial charge in [0.2, 0.25) is 0 Å². The summed E-state index contributed by atoms with van der Waals surface area (Å²) in [5, 5.41) is 0.573. The minimum absolute atomic E-state index is 0.573. The average molecular weight is 239 g/mol. The fourth-order valence-electron chi connectivity index (χ4n) is 2.33. The molecule has 2 unspecified atom stereocenters. The van der Waals surface area contributed by atoms with E-state index < -0.39 is 0 Å². The highest BCUT2D eigenvalue weighted by atomic mass is 35.5. The standard InChI is InChI=1S/C13H19ClN2/c1-10-3-4-11(2)16(8-10)9-12-5-6-13(14)15-7-12/h5-7,10-11H,3-4,8-9H2,1-2H3. The Hall–Kier alpha value is -0.600. The fraction of sp³-hybridized carbons (Fsp3) is 0.615. The number of nitrogens with zero attached hydrogens (tertiary/aromatic N) is 2. The van der Waals surface area contributed by atoms with E-state index in [0.717, 1.165) is 12.5 Å². The number of likely N-dealkylation sites (tertiary alicyclic amines) is 1. The molecule has 0 N–H and O–H groups in total. The molecule has 2 nitrogen and oxygen atoms in total. The Morgan fingerprint density at radius 2 is 2.19 bits per heavy atom. The van der Waals surface area contributed by atoms with Gasteiger partial charge < -0.3 is 0 Å². The minimum atomic E-state index is 0.573. The molecule has 0 aliphatic carbocycles. The van der Waals surface area contributed by atoms with Crippen LogP contribution in [0.3, 0.4) is 0 Å². The van der Waals surface area contributed by atoms with Gasteiger partial charge in [0.15, 0.2) is 0 Å². The lowest BCUT2D eigenvalue weighted by atomic mass is 9.95. The lowest BCUT2D eigenvalue weighted by Crippen LogP contribution is -2.40. The second kappa shape index (κ2) is 5.15. The van der Waals surface area contributed by atoms with Crippen LogP contribution in [0.4, 0.5) is 0 Å². The molecule has 0 saturated carbocycles. The van der Waals surface area contributed by atoms with Crippen molar-refractivity contribution in [1.82, 2.24) is 9.88 Å². The molecule has 1 aliphatic heterocycles. The normalized spacial score (nSPS) is 26.9. The van der Waals surface area contributed by atoms with Crippen molar-refractivity contribution >= 4 is 11.6 Å². The predicted octanol–water partition coefficient (Wildman–Crippen LogP) is 3.36. The molecule has 1 aliphatic rings. The molecule has 0 aromatic carbocycles. The Balaban J connectivity index is 2.00. The Morgan fingerprint density at radius 1 is 1.38 bits per heavy atom. The van der Waals surface area contributed by atoms with Crippen molar-refractivity contribution in [3.05, 3.63) is 29.0 Å². The number of pyridine rings is 1. The highest BCUT2D eigenvalue weighted by molar-refractivity contribution is 6.29. The zero-order valence-electron chi connectivity index (χ0n) is 9.99. The summed E-state index contributed by atoms with van der Waals surface area (Å²) < 4.78 is 0. The van der Waals surface area contributed by atoms with Crippen LogP contribution < -0.4 is 0 Å². The lowest BCUT2D eigenvalue weighted by molar-refractivity contribution is 0.117. The van der Waals surface area contributed by atoms with Gasteiger partial charge >= 0.3 is 0 Å². The fourth-order valence-corrected chi connectivity index (χ4v) is 2.45. The zero-order chi connectivity index (χ0) is 11.5. The Kier molecular flexibility index (Phi) is 3.82. The van der Waals surface area contributed by atoms with Gasteiger partial charge in [0.1, 0.15) is 5.15 Å². The van der Waals surface area contributed by atoms with Gasteiger partial charge in [0.05, 0.1) is 0 Å². The molecule has 88 valence electrons. The maximum Gasteiger partial charge on any atom is 0.129 e. The number of hydrogen-bond donors (Lipinski definition) is 0. The van der Waals surface area contributed by atoms with Crippen molar-refractivity contribution in [1.29, 1.82) is 0 Å². The van der Waals surface area contributed by atoms with E-state index in [4.69, 9.17) is 11.6 Å². The van der Waals surface area contributed by atoms with E-state index in [0.29, 0.717) is 11.2 Å². The highest BCUT2D eigenvalue weighted by Gasteiger charge is 2.22. The quantitative estimate of drug-likeness (QED) is 0.735. The van der Waals surface area contributed by atoms with Crippen molar-refractivity contribution in [3.8, 4) is 0 Å². The molecule has 1 aromatic heterocycles. The monoisotopic (exact) mass is 238 g/mol. The third-order valence-electron chi connectivity index (χ3n) is 3.42. The van der Waals surface area contributed by atoms with E-state index in [1.54, 1.807) is 0 Å². The first kappa shape index (κ1) is 11.9. The largest absolute Gasteiger partial charge is 0.296 e.